The molecule has 21 heavy (non-hydrogen) atoms. The molecule has 1 N–H and O–H groups in total. The number of nitrogens with one attached hydrogen (secondary N) is 1. The van der Waals surface area contributed by atoms with Gasteiger partial charge in [-0.3, -0.25) is 9.69 Å². The quantitative estimate of drug-likeness (QED) is 0.626. The highest BCUT2D eigenvalue weighted by Crippen LogP contribution is 2.05. The van der Waals surface area contributed by atoms with Crippen molar-refractivity contribution < 1.29 is 15.7 Å². The maximum absolute atomic E-state index is 11.3. The van der Waals surface area contributed by atoms with Crippen LogP contribution in [-0.2, 0) is 14.3 Å². The first-order chi connectivity index (χ1) is 10.1. The number of hydrogen-bond donors (Lipinski definition) is 1. The largest absolute Gasteiger partial charge is 0.380 e. The molecule has 0 aromatic rings. The van der Waals surface area contributed by atoms with Crippen LogP contribution in [0.4, 0.5) is 0 Å². The van der Waals surface area contributed by atoms with Crippen molar-refractivity contribution in [2.24, 2.45) is 5.92 Å². The van der Waals surface area contributed by atoms with E-state index in [4.69, 9.17) is 9.47 Å². The zero-order valence-electron chi connectivity index (χ0n) is 13.9. The first-order valence-corrected chi connectivity index (χ1v) is 8.30. The number of hydrogen-bond acceptors (Lipinski definition) is 4. The number of nitrogens with zero attached hydrogens (tertiary/aromatic N) is 1. The molecule has 1 aliphatic heterocycles. The Labute approximate surface area is 130 Å². The van der Waals surface area contributed by atoms with Crippen molar-refractivity contribution in [2.75, 3.05) is 46.0 Å². The highest BCUT2D eigenvalue weighted by molar-refractivity contribution is 5.75. The van der Waals surface area contributed by atoms with Gasteiger partial charge in [-0.2, -0.15) is 0 Å². The Morgan fingerprint density at radius 1 is 1.48 bits per heavy atom. The topological polar surface area (TPSA) is 50.8 Å². The Bertz CT molecular complexity index is 291. The van der Waals surface area contributed by atoms with Crippen LogP contribution in [0.25, 0.3) is 0 Å². The highest BCUT2D eigenvalue weighted by atomic mass is 16.5. The molecule has 0 radical (unpaired) electrons. The molecule has 0 aromatic carbocycles. The van der Waals surface area contributed by atoms with Crippen LogP contribution < -0.4 is 5.32 Å². The summed E-state index contributed by atoms with van der Waals surface area (Å²) in [5.41, 5.74) is 0. The van der Waals surface area contributed by atoms with E-state index < -0.39 is 0 Å². The Morgan fingerprint density at radius 3 is 3.00 bits per heavy atom. The van der Waals surface area contributed by atoms with Crippen molar-refractivity contribution >= 4 is 5.91 Å². The van der Waals surface area contributed by atoms with Crippen LogP contribution in [0.3, 0.4) is 0 Å². The lowest BCUT2D eigenvalue weighted by Crippen LogP contribution is -2.48. The van der Waals surface area contributed by atoms with Crippen molar-refractivity contribution in [1.29, 1.82) is 0 Å². The van der Waals surface area contributed by atoms with Gasteiger partial charge in [-0.25, -0.2) is 0 Å². The van der Waals surface area contributed by atoms with Gasteiger partial charge in [0.1, 0.15) is 0 Å². The second kappa shape index (κ2) is 11.0. The lowest BCUT2D eigenvalue weighted by atomic mass is 10.1. The molecule has 1 aliphatic rings. The zero-order valence-corrected chi connectivity index (χ0v) is 13.9. The Kier molecular flexibility index (Phi) is 9.63. The lowest BCUT2D eigenvalue weighted by Gasteiger charge is -2.32. The van der Waals surface area contributed by atoms with Crippen molar-refractivity contribution in [3.8, 4) is 0 Å². The first kappa shape index (κ1) is 18.4. The van der Waals surface area contributed by atoms with Gasteiger partial charge in [0.15, 0.2) is 0 Å². The zero-order chi connectivity index (χ0) is 15.5. The number of carbonyl (C=O) groups is 1. The molecule has 1 atom stereocenters. The molecule has 1 rings (SSSR count). The summed E-state index contributed by atoms with van der Waals surface area (Å²) in [6.07, 6.45) is 3.01. The standard InChI is InChI=1S/C16H32N2O3.H2/c1-4-16(19)17-12-15-13-18(8-11-21-15)7-10-20-9-5-6-14(2)3;/h14-15H,4-13H2,1-3H3,(H,17,19);1H/t15-;/m1./s1. The molecule has 0 aromatic heterocycles. The van der Waals surface area contributed by atoms with E-state index in [-0.39, 0.29) is 13.4 Å². The fraction of sp³-hybridized carbons (Fsp3) is 0.938. The predicted octanol–water partition coefficient (Wildman–Crippen LogP) is 1.91. The summed E-state index contributed by atoms with van der Waals surface area (Å²) >= 11 is 0. The van der Waals surface area contributed by atoms with Crippen molar-refractivity contribution in [1.82, 2.24) is 10.2 Å². The molecule has 0 bridgehead atoms. The minimum absolute atomic E-state index is 0. The average Bonchev–Trinajstić information content (AvgIpc) is 2.48. The second-order valence-electron chi connectivity index (χ2n) is 6.10. The Hall–Kier alpha value is -0.650. The Balaban J connectivity index is 0.00000441. The number of rotatable bonds is 10. The van der Waals surface area contributed by atoms with Crippen LogP contribution >= 0.6 is 0 Å². The number of ether oxygens (including phenoxy) is 2. The molecule has 0 aliphatic carbocycles. The van der Waals surface area contributed by atoms with E-state index in [9.17, 15) is 4.79 Å². The van der Waals surface area contributed by atoms with E-state index in [1.807, 2.05) is 6.92 Å². The van der Waals surface area contributed by atoms with Crippen LogP contribution in [0, 0.1) is 5.92 Å². The maximum atomic E-state index is 11.3. The van der Waals surface area contributed by atoms with E-state index in [1.165, 1.54) is 6.42 Å². The van der Waals surface area contributed by atoms with Crippen LogP contribution in [-0.4, -0.2) is 62.9 Å². The summed E-state index contributed by atoms with van der Waals surface area (Å²) in [4.78, 5) is 13.6. The molecule has 1 heterocycles. The molecule has 5 heteroatoms. The van der Waals surface area contributed by atoms with Crippen molar-refractivity contribution in [3.05, 3.63) is 0 Å². The third-order valence-electron chi connectivity index (χ3n) is 3.69. The average molecular weight is 302 g/mol. The van der Waals surface area contributed by atoms with Gasteiger partial charge in [0, 0.05) is 40.6 Å². The third-order valence-corrected chi connectivity index (χ3v) is 3.69. The molecule has 1 saturated heterocycles. The third kappa shape index (κ3) is 9.06. The van der Waals surface area contributed by atoms with E-state index in [2.05, 4.69) is 24.1 Å². The fourth-order valence-corrected chi connectivity index (χ4v) is 2.35. The van der Waals surface area contributed by atoms with Gasteiger partial charge < -0.3 is 14.8 Å². The molecule has 1 amide bonds. The lowest BCUT2D eigenvalue weighted by molar-refractivity contribution is -0.122. The summed E-state index contributed by atoms with van der Waals surface area (Å²) in [6.45, 7) is 12.1. The molecular weight excluding hydrogens is 268 g/mol. The number of morpholine rings is 1. The number of amides is 1. The molecule has 126 valence electrons. The molecule has 0 unspecified atom stereocenters. The van der Waals surface area contributed by atoms with Gasteiger partial charge in [0.25, 0.3) is 0 Å². The van der Waals surface area contributed by atoms with Gasteiger partial charge in [-0.05, 0) is 18.8 Å². The molecule has 5 nitrogen and oxygen atoms in total. The number of carbonyl (C=O) groups excluding carboxylic acids is 1. The maximum Gasteiger partial charge on any atom is 0.219 e. The summed E-state index contributed by atoms with van der Waals surface area (Å²) < 4.78 is 11.4. The molecule has 1 fully saturated rings. The minimum atomic E-state index is 0. The van der Waals surface area contributed by atoms with Gasteiger partial charge in [0.05, 0.1) is 19.3 Å². The fourth-order valence-electron chi connectivity index (χ4n) is 2.35. The van der Waals surface area contributed by atoms with Crippen LogP contribution in [0.15, 0.2) is 0 Å². The highest BCUT2D eigenvalue weighted by Gasteiger charge is 2.20. The minimum Gasteiger partial charge on any atom is -0.380 e. The summed E-state index contributed by atoms with van der Waals surface area (Å²) in [5.74, 6) is 0.844. The van der Waals surface area contributed by atoms with Crippen LogP contribution in [0.1, 0.15) is 41.5 Å². The van der Waals surface area contributed by atoms with E-state index in [0.717, 1.165) is 51.8 Å². The Morgan fingerprint density at radius 2 is 2.29 bits per heavy atom. The van der Waals surface area contributed by atoms with Gasteiger partial charge in [-0.15, -0.1) is 0 Å². The first-order valence-electron chi connectivity index (χ1n) is 8.30. The van der Waals surface area contributed by atoms with Crippen LogP contribution in [0.2, 0.25) is 0 Å². The normalized spacial score (nSPS) is 19.9. The summed E-state index contributed by atoms with van der Waals surface area (Å²) in [7, 11) is 0. The monoisotopic (exact) mass is 302 g/mol. The molecule has 0 spiro atoms. The summed E-state index contributed by atoms with van der Waals surface area (Å²) in [5, 5.41) is 2.90. The van der Waals surface area contributed by atoms with Gasteiger partial charge in [0.2, 0.25) is 5.91 Å². The van der Waals surface area contributed by atoms with Crippen molar-refractivity contribution in [2.45, 2.75) is 46.1 Å². The van der Waals surface area contributed by atoms with E-state index >= 15 is 0 Å². The SMILES string of the molecule is CCC(=O)NC[C@@H]1CN(CCOCCCC(C)C)CCO1.[HH]. The predicted molar refractivity (Wildman–Crippen MR) is 86.5 cm³/mol. The molecular formula is C16H34N2O3. The smallest absolute Gasteiger partial charge is 0.219 e. The van der Waals surface area contributed by atoms with Crippen LogP contribution in [0.5, 0.6) is 0 Å². The van der Waals surface area contributed by atoms with E-state index in [0.29, 0.717) is 13.0 Å². The second-order valence-corrected chi connectivity index (χ2v) is 6.10. The van der Waals surface area contributed by atoms with Gasteiger partial charge in [-0.1, -0.05) is 20.8 Å². The molecule has 0 saturated carbocycles. The van der Waals surface area contributed by atoms with E-state index in [1.54, 1.807) is 0 Å². The van der Waals surface area contributed by atoms with Gasteiger partial charge >= 0.3 is 0 Å². The summed E-state index contributed by atoms with van der Waals surface area (Å²) in [6, 6.07) is 0. The van der Waals surface area contributed by atoms with Crippen molar-refractivity contribution in [3.63, 3.8) is 0 Å².